The molecule has 158 valence electrons. The number of methoxy groups -OCH3 is 1. The number of halogens is 1. The lowest BCUT2D eigenvalue weighted by atomic mass is 10.1. The number of hydrogen-bond acceptors (Lipinski definition) is 6. The van der Waals surface area contributed by atoms with Crippen molar-refractivity contribution in [3.05, 3.63) is 58.8 Å². The first-order chi connectivity index (χ1) is 14.2. The molecular weight excluding hydrogens is 430 g/mol. The van der Waals surface area contributed by atoms with Crippen molar-refractivity contribution in [1.82, 2.24) is 0 Å². The summed E-state index contributed by atoms with van der Waals surface area (Å²) in [5.41, 5.74) is 0.659. The van der Waals surface area contributed by atoms with E-state index in [-0.39, 0.29) is 22.6 Å². The quantitative estimate of drug-likeness (QED) is 0.506. The van der Waals surface area contributed by atoms with Crippen LogP contribution < -0.4 is 4.31 Å². The molecule has 0 atom stereocenters. The van der Waals surface area contributed by atoms with Gasteiger partial charge in [0.1, 0.15) is 16.9 Å². The molecule has 0 fully saturated rings. The first-order valence-electron chi connectivity index (χ1n) is 9.16. The third kappa shape index (κ3) is 3.93. The van der Waals surface area contributed by atoms with E-state index in [9.17, 15) is 18.0 Å². The van der Waals surface area contributed by atoms with Crippen LogP contribution in [0.25, 0.3) is 11.0 Å². The average molecular weight is 450 g/mol. The zero-order chi connectivity index (χ0) is 22.1. The Kier molecular flexibility index (Phi) is 6.19. The van der Waals surface area contributed by atoms with Gasteiger partial charge in [-0.05, 0) is 55.8 Å². The van der Waals surface area contributed by atoms with Crippen molar-refractivity contribution in [3.63, 3.8) is 0 Å². The maximum atomic E-state index is 13.3. The van der Waals surface area contributed by atoms with E-state index in [1.807, 2.05) is 0 Å². The maximum Gasteiger partial charge on any atom is 0.342 e. The molecule has 0 saturated heterocycles. The van der Waals surface area contributed by atoms with Gasteiger partial charge >= 0.3 is 5.97 Å². The van der Waals surface area contributed by atoms with Gasteiger partial charge in [-0.25, -0.2) is 17.5 Å². The van der Waals surface area contributed by atoms with Crippen molar-refractivity contribution in [2.75, 3.05) is 11.4 Å². The first-order valence-corrected chi connectivity index (χ1v) is 11.0. The van der Waals surface area contributed by atoms with Crippen molar-refractivity contribution in [2.24, 2.45) is 0 Å². The number of hydrogen-bond donors (Lipinski definition) is 0. The summed E-state index contributed by atoms with van der Waals surface area (Å²) in [5.74, 6) is -0.872. The third-order valence-corrected chi connectivity index (χ3v) is 6.53. The maximum absolute atomic E-state index is 13.3. The van der Waals surface area contributed by atoms with E-state index in [0.29, 0.717) is 28.2 Å². The fourth-order valence-corrected chi connectivity index (χ4v) is 4.70. The Morgan fingerprint density at radius 1 is 1.13 bits per heavy atom. The Hall–Kier alpha value is -2.84. The van der Waals surface area contributed by atoms with Crippen molar-refractivity contribution in [3.8, 4) is 0 Å². The van der Waals surface area contributed by atoms with Crippen LogP contribution in [0, 0.1) is 6.92 Å². The molecule has 0 radical (unpaired) electrons. The lowest BCUT2D eigenvalue weighted by Gasteiger charge is -2.22. The number of aryl methyl sites for hydroxylation is 1. The van der Waals surface area contributed by atoms with Gasteiger partial charge in [0.25, 0.3) is 10.0 Å². The zero-order valence-corrected chi connectivity index (χ0v) is 18.2. The molecule has 0 bridgehead atoms. The summed E-state index contributed by atoms with van der Waals surface area (Å²) in [4.78, 5) is 25.0. The summed E-state index contributed by atoms with van der Waals surface area (Å²) < 4.78 is 37.8. The summed E-state index contributed by atoms with van der Waals surface area (Å²) in [7, 11) is -2.97. The number of ether oxygens (including phenoxy) is 1. The number of benzene rings is 2. The highest BCUT2D eigenvalue weighted by Crippen LogP contribution is 2.33. The predicted molar refractivity (Wildman–Crippen MR) is 113 cm³/mol. The topological polar surface area (TPSA) is 93.9 Å². The molecule has 0 saturated carbocycles. The van der Waals surface area contributed by atoms with E-state index < -0.39 is 21.9 Å². The normalized spacial score (nSPS) is 11.5. The molecule has 7 nitrogen and oxygen atoms in total. The van der Waals surface area contributed by atoms with Crippen molar-refractivity contribution in [2.45, 2.75) is 31.6 Å². The minimum Gasteiger partial charge on any atom is -0.465 e. The molecule has 2 aromatic carbocycles. The van der Waals surface area contributed by atoms with Crippen molar-refractivity contribution in [1.29, 1.82) is 0 Å². The number of carbonyl (C=O) groups is 2. The second-order valence-corrected chi connectivity index (χ2v) is 8.80. The van der Waals surface area contributed by atoms with Gasteiger partial charge in [-0.15, -0.1) is 0 Å². The van der Waals surface area contributed by atoms with Crippen LogP contribution in [0.1, 0.15) is 35.9 Å². The molecular formula is C21H20ClNO6S. The van der Waals surface area contributed by atoms with E-state index in [2.05, 4.69) is 0 Å². The summed E-state index contributed by atoms with van der Waals surface area (Å²) in [6, 6.07) is 9.98. The van der Waals surface area contributed by atoms with Crippen LogP contribution >= 0.6 is 11.6 Å². The van der Waals surface area contributed by atoms with Crippen LogP contribution in [0.15, 0.2) is 51.8 Å². The zero-order valence-electron chi connectivity index (χ0n) is 16.6. The Labute approximate surface area is 179 Å². The highest BCUT2D eigenvalue weighted by atomic mass is 35.5. The third-order valence-electron chi connectivity index (χ3n) is 4.51. The molecule has 1 heterocycles. The van der Waals surface area contributed by atoms with Gasteiger partial charge in [0.15, 0.2) is 0 Å². The second kappa shape index (κ2) is 8.49. The van der Waals surface area contributed by atoms with Crippen LogP contribution in [0.3, 0.4) is 0 Å². The van der Waals surface area contributed by atoms with E-state index in [1.165, 1.54) is 49.6 Å². The van der Waals surface area contributed by atoms with Gasteiger partial charge in [0.05, 0.1) is 17.7 Å². The average Bonchev–Trinajstić information content (AvgIpc) is 3.03. The molecule has 3 rings (SSSR count). The highest BCUT2D eigenvalue weighted by Gasteiger charge is 2.31. The van der Waals surface area contributed by atoms with E-state index in [0.717, 1.165) is 4.31 Å². The largest absolute Gasteiger partial charge is 0.465 e. The molecule has 0 aliphatic carbocycles. The number of anilines is 1. The lowest BCUT2D eigenvalue weighted by Crippen LogP contribution is -2.36. The Morgan fingerprint density at radius 2 is 1.80 bits per heavy atom. The van der Waals surface area contributed by atoms with E-state index in [4.69, 9.17) is 20.8 Å². The number of furan rings is 1. The predicted octanol–water partition coefficient (Wildman–Crippen LogP) is 4.70. The summed E-state index contributed by atoms with van der Waals surface area (Å²) >= 11 is 5.87. The number of rotatable bonds is 6. The number of carbonyl (C=O) groups excluding carboxylic acids is 2. The Morgan fingerprint density at radius 3 is 2.40 bits per heavy atom. The van der Waals surface area contributed by atoms with Crippen molar-refractivity contribution < 1.29 is 27.2 Å². The molecule has 3 aromatic rings. The fraction of sp³-hybridized carbons (Fsp3) is 0.238. The molecule has 0 unspecified atom stereocenters. The molecule has 0 aliphatic heterocycles. The minimum atomic E-state index is -4.21. The second-order valence-electron chi connectivity index (χ2n) is 6.57. The Balaban J connectivity index is 2.22. The molecule has 0 spiro atoms. The number of fused-ring (bicyclic) bond motifs is 1. The Bertz CT molecular complexity index is 1210. The number of amides is 1. The van der Waals surface area contributed by atoms with Gasteiger partial charge < -0.3 is 9.15 Å². The molecule has 1 amide bonds. The van der Waals surface area contributed by atoms with Gasteiger partial charge in [0, 0.05) is 16.8 Å². The van der Waals surface area contributed by atoms with Crippen LogP contribution in [0.2, 0.25) is 5.02 Å². The summed E-state index contributed by atoms with van der Waals surface area (Å²) in [6.45, 7) is 3.39. The lowest BCUT2D eigenvalue weighted by molar-refractivity contribution is -0.117. The fourth-order valence-electron chi connectivity index (χ4n) is 3.13. The number of sulfonamides is 1. The van der Waals surface area contributed by atoms with Crippen LogP contribution in [0.4, 0.5) is 5.69 Å². The molecule has 1 aromatic heterocycles. The summed E-state index contributed by atoms with van der Waals surface area (Å²) in [5, 5.41) is 0.732. The highest BCUT2D eigenvalue weighted by molar-refractivity contribution is 7.93. The van der Waals surface area contributed by atoms with Crippen LogP contribution in [-0.4, -0.2) is 27.4 Å². The number of nitrogens with zero attached hydrogens (tertiary/aromatic N) is 1. The monoisotopic (exact) mass is 449 g/mol. The molecule has 0 N–H and O–H groups in total. The van der Waals surface area contributed by atoms with Crippen LogP contribution in [-0.2, 0) is 19.6 Å². The standard InChI is InChI=1S/C21H20ClNO6S/c1-4-5-19(24)23(30(26,27)16-9-6-14(22)7-10-16)15-8-11-18-17(12-15)20(13(2)29-18)21(25)28-3/h6-12H,4-5H2,1-3H3. The van der Waals surface area contributed by atoms with E-state index in [1.54, 1.807) is 13.8 Å². The number of esters is 1. The van der Waals surface area contributed by atoms with Gasteiger partial charge in [-0.2, -0.15) is 0 Å². The molecule has 9 heteroatoms. The van der Waals surface area contributed by atoms with Crippen molar-refractivity contribution >= 4 is 50.2 Å². The van der Waals surface area contributed by atoms with E-state index >= 15 is 0 Å². The minimum absolute atomic E-state index is 0.0269. The first kappa shape index (κ1) is 21.9. The molecule has 30 heavy (non-hydrogen) atoms. The van der Waals surface area contributed by atoms with Crippen LogP contribution in [0.5, 0.6) is 0 Å². The van der Waals surface area contributed by atoms with Gasteiger partial charge in [0.2, 0.25) is 5.91 Å². The molecule has 0 aliphatic rings. The van der Waals surface area contributed by atoms with Gasteiger partial charge in [-0.1, -0.05) is 18.5 Å². The smallest absolute Gasteiger partial charge is 0.342 e. The van der Waals surface area contributed by atoms with Gasteiger partial charge in [-0.3, -0.25) is 4.79 Å². The summed E-state index contributed by atoms with van der Waals surface area (Å²) in [6.07, 6.45) is 0.491. The SMILES string of the molecule is CCCC(=O)N(c1ccc2oc(C)c(C(=O)OC)c2c1)S(=O)(=O)c1ccc(Cl)cc1.